The van der Waals surface area contributed by atoms with Crippen LogP contribution in [0.15, 0.2) is 0 Å². The number of carbonyl (C=O) groups is 1. The van der Waals surface area contributed by atoms with Crippen LogP contribution >= 0.6 is 0 Å². The summed E-state index contributed by atoms with van der Waals surface area (Å²) in [7, 11) is 0. The fraction of sp³-hybridized carbons (Fsp3) is 0.929. The maximum Gasteiger partial charge on any atom is 0.237 e. The van der Waals surface area contributed by atoms with Gasteiger partial charge in [0.15, 0.2) is 0 Å². The first-order chi connectivity index (χ1) is 8.31. The Morgan fingerprint density at radius 1 is 1.17 bits per heavy atom. The normalized spacial score (nSPS) is 15.2. The van der Waals surface area contributed by atoms with Gasteiger partial charge in [0.05, 0.1) is 6.04 Å². The second kappa shape index (κ2) is 8.48. The summed E-state index contributed by atoms with van der Waals surface area (Å²) in [5.74, 6) is 0.202. The van der Waals surface area contributed by atoms with E-state index in [1.165, 1.54) is 0 Å². The number of nitrogens with one attached hydrogen (secondary N) is 1. The van der Waals surface area contributed by atoms with Gasteiger partial charge in [0, 0.05) is 25.2 Å². The zero-order valence-corrected chi connectivity index (χ0v) is 12.9. The van der Waals surface area contributed by atoms with Crippen LogP contribution in [0.25, 0.3) is 0 Å². The van der Waals surface area contributed by atoms with Crippen molar-refractivity contribution in [3.05, 3.63) is 0 Å². The highest BCUT2D eigenvalue weighted by Crippen LogP contribution is 2.06. The molecule has 2 unspecified atom stereocenters. The first kappa shape index (κ1) is 17.4. The molecule has 0 aliphatic carbocycles. The van der Waals surface area contributed by atoms with Crippen LogP contribution in [-0.2, 0) is 4.79 Å². The summed E-state index contributed by atoms with van der Waals surface area (Å²) < 4.78 is 0. The molecular formula is C14H31N3O. The van der Waals surface area contributed by atoms with Crippen molar-refractivity contribution in [2.45, 2.75) is 66.1 Å². The summed E-state index contributed by atoms with van der Waals surface area (Å²) in [6, 6.07) is 0.594. The molecule has 18 heavy (non-hydrogen) atoms. The van der Waals surface area contributed by atoms with Crippen molar-refractivity contribution in [1.82, 2.24) is 10.2 Å². The Balaban J connectivity index is 4.06. The van der Waals surface area contributed by atoms with Gasteiger partial charge < -0.3 is 11.1 Å². The van der Waals surface area contributed by atoms with Crippen molar-refractivity contribution in [2.24, 2.45) is 11.7 Å². The minimum atomic E-state index is -0.387. The predicted molar refractivity (Wildman–Crippen MR) is 77.4 cm³/mol. The minimum Gasteiger partial charge on any atom is -0.353 e. The third-order valence-corrected chi connectivity index (χ3v) is 3.56. The van der Waals surface area contributed by atoms with Crippen molar-refractivity contribution >= 4 is 5.91 Å². The van der Waals surface area contributed by atoms with E-state index in [2.05, 4.69) is 44.8 Å². The van der Waals surface area contributed by atoms with E-state index in [9.17, 15) is 4.79 Å². The van der Waals surface area contributed by atoms with Crippen LogP contribution in [0.2, 0.25) is 0 Å². The minimum absolute atomic E-state index is 0.0307. The Morgan fingerprint density at radius 2 is 1.67 bits per heavy atom. The Morgan fingerprint density at radius 3 is 2.06 bits per heavy atom. The first-order valence-corrected chi connectivity index (χ1v) is 7.10. The van der Waals surface area contributed by atoms with Crippen LogP contribution in [-0.4, -0.2) is 42.0 Å². The number of rotatable bonds is 8. The summed E-state index contributed by atoms with van der Waals surface area (Å²) in [4.78, 5) is 14.2. The highest BCUT2D eigenvalue weighted by molar-refractivity contribution is 5.81. The first-order valence-electron chi connectivity index (χ1n) is 7.10. The predicted octanol–water partition coefficient (Wildman–Crippen LogP) is 1.59. The molecule has 0 aromatic rings. The maximum atomic E-state index is 11.8. The van der Waals surface area contributed by atoms with Crippen molar-refractivity contribution in [3.8, 4) is 0 Å². The smallest absolute Gasteiger partial charge is 0.237 e. The zero-order chi connectivity index (χ0) is 14.3. The lowest BCUT2D eigenvalue weighted by Crippen LogP contribution is -2.48. The van der Waals surface area contributed by atoms with Gasteiger partial charge in [-0.3, -0.25) is 9.69 Å². The van der Waals surface area contributed by atoms with Crippen LogP contribution in [0.1, 0.15) is 48.0 Å². The lowest BCUT2D eigenvalue weighted by Gasteiger charge is -2.30. The lowest BCUT2D eigenvalue weighted by molar-refractivity contribution is -0.123. The molecule has 2 atom stereocenters. The summed E-state index contributed by atoms with van der Waals surface area (Å²) in [6.45, 7) is 14.3. The standard InChI is InChI=1S/C14H31N3O/c1-7-12(6)13(15)14(18)16-8-9-17(10(2)3)11(4)5/h10-13H,7-9,15H2,1-6H3,(H,16,18). The molecular weight excluding hydrogens is 226 g/mol. The van der Waals surface area contributed by atoms with Gasteiger partial charge in [-0.15, -0.1) is 0 Å². The van der Waals surface area contributed by atoms with Gasteiger partial charge in [-0.1, -0.05) is 20.3 Å². The third-order valence-electron chi connectivity index (χ3n) is 3.56. The molecule has 0 fully saturated rings. The Labute approximate surface area is 112 Å². The van der Waals surface area contributed by atoms with E-state index in [4.69, 9.17) is 5.73 Å². The highest BCUT2D eigenvalue weighted by atomic mass is 16.2. The number of nitrogens with zero attached hydrogens (tertiary/aromatic N) is 1. The second-order valence-corrected chi connectivity index (χ2v) is 5.63. The van der Waals surface area contributed by atoms with Gasteiger partial charge in [0.2, 0.25) is 5.91 Å². The van der Waals surface area contributed by atoms with Crippen LogP contribution in [0, 0.1) is 5.92 Å². The molecule has 3 N–H and O–H groups in total. The molecule has 0 spiro atoms. The van der Waals surface area contributed by atoms with E-state index in [0.29, 0.717) is 18.6 Å². The fourth-order valence-electron chi connectivity index (χ4n) is 2.05. The highest BCUT2D eigenvalue weighted by Gasteiger charge is 2.19. The molecule has 0 heterocycles. The quantitative estimate of drug-likeness (QED) is 0.694. The molecule has 0 radical (unpaired) electrons. The fourth-order valence-corrected chi connectivity index (χ4v) is 2.05. The molecule has 0 aliphatic rings. The summed E-state index contributed by atoms with van der Waals surface area (Å²) in [6.07, 6.45) is 0.929. The number of amides is 1. The van der Waals surface area contributed by atoms with E-state index in [1.807, 2.05) is 6.92 Å². The molecule has 0 aromatic heterocycles. The number of nitrogens with two attached hydrogens (primary N) is 1. The van der Waals surface area contributed by atoms with E-state index >= 15 is 0 Å². The summed E-state index contributed by atoms with van der Waals surface area (Å²) >= 11 is 0. The van der Waals surface area contributed by atoms with Gasteiger partial charge in [-0.25, -0.2) is 0 Å². The molecule has 4 heteroatoms. The van der Waals surface area contributed by atoms with Crippen LogP contribution in [0.3, 0.4) is 0 Å². The molecule has 4 nitrogen and oxygen atoms in total. The Kier molecular flexibility index (Phi) is 8.20. The number of hydrogen-bond acceptors (Lipinski definition) is 3. The topological polar surface area (TPSA) is 58.4 Å². The van der Waals surface area contributed by atoms with Gasteiger partial charge in [-0.05, 0) is 33.6 Å². The molecule has 108 valence electrons. The van der Waals surface area contributed by atoms with Crippen LogP contribution in [0.5, 0.6) is 0 Å². The zero-order valence-electron chi connectivity index (χ0n) is 12.9. The van der Waals surface area contributed by atoms with Crippen molar-refractivity contribution in [1.29, 1.82) is 0 Å². The number of carbonyl (C=O) groups excluding carboxylic acids is 1. The SMILES string of the molecule is CCC(C)C(N)C(=O)NCCN(C(C)C)C(C)C. The van der Waals surface area contributed by atoms with Crippen molar-refractivity contribution < 1.29 is 4.79 Å². The average molecular weight is 257 g/mol. The molecule has 0 saturated carbocycles. The van der Waals surface area contributed by atoms with Gasteiger partial charge in [-0.2, -0.15) is 0 Å². The van der Waals surface area contributed by atoms with Gasteiger partial charge in [0.1, 0.15) is 0 Å². The van der Waals surface area contributed by atoms with E-state index < -0.39 is 0 Å². The largest absolute Gasteiger partial charge is 0.353 e. The lowest BCUT2D eigenvalue weighted by atomic mass is 9.99. The Hall–Kier alpha value is -0.610. The van der Waals surface area contributed by atoms with Crippen LogP contribution in [0.4, 0.5) is 0 Å². The molecule has 0 aromatic carbocycles. The van der Waals surface area contributed by atoms with Crippen LogP contribution < -0.4 is 11.1 Å². The maximum absolute atomic E-state index is 11.8. The molecule has 1 amide bonds. The molecule has 0 aliphatic heterocycles. The monoisotopic (exact) mass is 257 g/mol. The van der Waals surface area contributed by atoms with Gasteiger partial charge >= 0.3 is 0 Å². The molecule has 0 saturated heterocycles. The van der Waals surface area contributed by atoms with E-state index in [0.717, 1.165) is 13.0 Å². The Bertz CT molecular complexity index is 233. The van der Waals surface area contributed by atoms with E-state index in [1.54, 1.807) is 0 Å². The summed E-state index contributed by atoms with van der Waals surface area (Å²) in [5, 5.41) is 2.93. The van der Waals surface area contributed by atoms with E-state index in [-0.39, 0.29) is 17.9 Å². The third kappa shape index (κ3) is 5.83. The van der Waals surface area contributed by atoms with Crippen molar-refractivity contribution in [2.75, 3.05) is 13.1 Å². The second-order valence-electron chi connectivity index (χ2n) is 5.63. The average Bonchev–Trinajstić information content (AvgIpc) is 2.31. The van der Waals surface area contributed by atoms with Gasteiger partial charge in [0.25, 0.3) is 0 Å². The van der Waals surface area contributed by atoms with Crippen molar-refractivity contribution in [3.63, 3.8) is 0 Å². The molecule has 0 bridgehead atoms. The number of hydrogen-bond donors (Lipinski definition) is 2. The molecule has 0 rings (SSSR count). The summed E-state index contributed by atoms with van der Waals surface area (Å²) in [5.41, 5.74) is 5.88.